The molecule has 0 amide bonds. The number of hydrogen-bond donors (Lipinski definition) is 2. The van der Waals surface area contributed by atoms with Crippen molar-refractivity contribution >= 4 is 16.9 Å². The van der Waals surface area contributed by atoms with Crippen molar-refractivity contribution in [2.75, 3.05) is 5.43 Å². The van der Waals surface area contributed by atoms with Crippen molar-refractivity contribution in [3.05, 3.63) is 48.2 Å². The number of nitrogen functional groups attached to an aromatic ring is 1. The van der Waals surface area contributed by atoms with Crippen LogP contribution in [-0.4, -0.2) is 19.5 Å². The maximum Gasteiger partial charge on any atom is 0.158 e. The maximum atomic E-state index is 5.27. The molecule has 3 rings (SSSR count). The molecule has 0 aliphatic heterocycles. The third-order valence-electron chi connectivity index (χ3n) is 3.02. The third-order valence-corrected chi connectivity index (χ3v) is 3.02. The van der Waals surface area contributed by atoms with Gasteiger partial charge in [-0.3, -0.25) is 4.98 Å². The van der Waals surface area contributed by atoms with Gasteiger partial charge in [-0.1, -0.05) is 12.1 Å². The number of imidazole rings is 1. The summed E-state index contributed by atoms with van der Waals surface area (Å²) >= 11 is 0. The Hall–Kier alpha value is -2.47. The standard InChI is InChI=1S/C13H14N6/c1-9-17-11-4-2-3-5-12(11)19(9)8-10-6-16-13(18-14)7-15-10/h2-7H,8,14H2,1H3,(H,16,18). The van der Waals surface area contributed by atoms with E-state index in [-0.39, 0.29) is 0 Å². The molecule has 0 fully saturated rings. The first kappa shape index (κ1) is 11.6. The molecule has 0 radical (unpaired) electrons. The summed E-state index contributed by atoms with van der Waals surface area (Å²) in [6.45, 7) is 2.63. The van der Waals surface area contributed by atoms with E-state index in [4.69, 9.17) is 5.84 Å². The topological polar surface area (TPSA) is 81.7 Å². The number of nitrogens with two attached hydrogens (primary N) is 1. The number of anilines is 1. The molecular formula is C13H14N6. The molecule has 6 nitrogen and oxygen atoms in total. The minimum absolute atomic E-state index is 0.552. The van der Waals surface area contributed by atoms with Crippen LogP contribution in [0.4, 0.5) is 5.82 Å². The van der Waals surface area contributed by atoms with E-state index in [1.807, 2.05) is 25.1 Å². The minimum atomic E-state index is 0.552. The fourth-order valence-electron chi connectivity index (χ4n) is 2.07. The van der Waals surface area contributed by atoms with E-state index in [0.29, 0.717) is 12.4 Å². The largest absolute Gasteiger partial charge is 0.322 e. The highest BCUT2D eigenvalue weighted by atomic mass is 15.3. The van der Waals surface area contributed by atoms with Gasteiger partial charge in [0, 0.05) is 0 Å². The van der Waals surface area contributed by atoms with Gasteiger partial charge in [-0.15, -0.1) is 0 Å². The summed E-state index contributed by atoms with van der Waals surface area (Å²) in [6.07, 6.45) is 3.33. The van der Waals surface area contributed by atoms with Gasteiger partial charge in [-0.05, 0) is 19.1 Å². The number of fused-ring (bicyclic) bond motifs is 1. The fraction of sp³-hybridized carbons (Fsp3) is 0.154. The molecule has 0 saturated heterocycles. The van der Waals surface area contributed by atoms with Crippen LogP contribution in [0.15, 0.2) is 36.7 Å². The van der Waals surface area contributed by atoms with Crippen LogP contribution in [-0.2, 0) is 6.54 Å². The lowest BCUT2D eigenvalue weighted by Crippen LogP contribution is -2.10. The molecule has 0 aliphatic rings. The van der Waals surface area contributed by atoms with E-state index in [9.17, 15) is 0 Å². The zero-order valence-electron chi connectivity index (χ0n) is 10.5. The van der Waals surface area contributed by atoms with Crippen LogP contribution < -0.4 is 11.3 Å². The lowest BCUT2D eigenvalue weighted by atomic mass is 10.3. The van der Waals surface area contributed by atoms with Gasteiger partial charge >= 0.3 is 0 Å². The number of para-hydroxylation sites is 2. The Morgan fingerprint density at radius 3 is 2.79 bits per heavy atom. The monoisotopic (exact) mass is 254 g/mol. The predicted molar refractivity (Wildman–Crippen MR) is 73.4 cm³/mol. The molecule has 0 atom stereocenters. The number of aromatic nitrogens is 4. The van der Waals surface area contributed by atoms with E-state index in [0.717, 1.165) is 22.6 Å². The molecule has 96 valence electrons. The normalized spacial score (nSPS) is 10.8. The van der Waals surface area contributed by atoms with Crippen LogP contribution in [0.1, 0.15) is 11.5 Å². The third kappa shape index (κ3) is 2.13. The molecule has 6 heteroatoms. The molecule has 0 spiro atoms. The molecule has 1 aromatic carbocycles. The van der Waals surface area contributed by atoms with Crippen LogP contribution in [0.3, 0.4) is 0 Å². The van der Waals surface area contributed by atoms with Gasteiger partial charge in [-0.2, -0.15) is 0 Å². The summed E-state index contributed by atoms with van der Waals surface area (Å²) in [5.41, 5.74) is 5.42. The molecule has 0 bridgehead atoms. The lowest BCUT2D eigenvalue weighted by Gasteiger charge is -2.06. The molecule has 0 aliphatic carbocycles. The van der Waals surface area contributed by atoms with Gasteiger partial charge in [0.15, 0.2) is 5.82 Å². The van der Waals surface area contributed by atoms with E-state index >= 15 is 0 Å². The summed E-state index contributed by atoms with van der Waals surface area (Å²) in [7, 11) is 0. The smallest absolute Gasteiger partial charge is 0.158 e. The second-order valence-corrected chi connectivity index (χ2v) is 4.27. The number of benzene rings is 1. The summed E-state index contributed by atoms with van der Waals surface area (Å²) in [6, 6.07) is 8.05. The van der Waals surface area contributed by atoms with Gasteiger partial charge in [0.25, 0.3) is 0 Å². The van der Waals surface area contributed by atoms with Gasteiger partial charge < -0.3 is 9.99 Å². The van der Waals surface area contributed by atoms with Crippen molar-refractivity contribution in [2.45, 2.75) is 13.5 Å². The summed E-state index contributed by atoms with van der Waals surface area (Å²) in [4.78, 5) is 13.0. The number of nitrogens with zero attached hydrogens (tertiary/aromatic N) is 4. The number of nitrogens with one attached hydrogen (secondary N) is 1. The first-order chi connectivity index (χ1) is 9.28. The van der Waals surface area contributed by atoms with E-state index in [1.54, 1.807) is 12.4 Å². The number of rotatable bonds is 3. The average Bonchev–Trinajstić information content (AvgIpc) is 2.76. The van der Waals surface area contributed by atoms with Crippen LogP contribution >= 0.6 is 0 Å². The number of hydrazine groups is 1. The summed E-state index contributed by atoms with van der Waals surface area (Å²) < 4.78 is 2.12. The summed E-state index contributed by atoms with van der Waals surface area (Å²) in [5.74, 6) is 6.78. The Morgan fingerprint density at radius 1 is 1.21 bits per heavy atom. The molecule has 0 unspecified atom stereocenters. The van der Waals surface area contributed by atoms with Gasteiger partial charge in [0.1, 0.15) is 5.82 Å². The first-order valence-electron chi connectivity index (χ1n) is 5.97. The number of hydrogen-bond acceptors (Lipinski definition) is 5. The van der Waals surface area contributed by atoms with E-state index < -0.39 is 0 Å². The second-order valence-electron chi connectivity index (χ2n) is 4.27. The van der Waals surface area contributed by atoms with Crippen molar-refractivity contribution in [1.82, 2.24) is 19.5 Å². The zero-order valence-corrected chi connectivity index (χ0v) is 10.5. The molecule has 3 aromatic rings. The van der Waals surface area contributed by atoms with E-state index in [1.165, 1.54) is 0 Å². The molecule has 19 heavy (non-hydrogen) atoms. The highest BCUT2D eigenvalue weighted by molar-refractivity contribution is 5.75. The van der Waals surface area contributed by atoms with Crippen LogP contribution in [0.2, 0.25) is 0 Å². The molecule has 2 aromatic heterocycles. The highest BCUT2D eigenvalue weighted by Crippen LogP contribution is 2.16. The predicted octanol–water partition coefficient (Wildman–Crippen LogP) is 1.47. The van der Waals surface area contributed by atoms with Crippen LogP contribution in [0.25, 0.3) is 11.0 Å². The Labute approximate surface area is 110 Å². The maximum absolute atomic E-state index is 5.27. The Morgan fingerprint density at radius 2 is 2.05 bits per heavy atom. The van der Waals surface area contributed by atoms with Crippen molar-refractivity contribution in [3.63, 3.8) is 0 Å². The first-order valence-corrected chi connectivity index (χ1v) is 5.97. The average molecular weight is 254 g/mol. The van der Waals surface area contributed by atoms with Gasteiger partial charge in [0.05, 0.1) is 35.7 Å². The Bertz CT molecular complexity index is 701. The van der Waals surface area contributed by atoms with Crippen LogP contribution in [0, 0.1) is 6.92 Å². The molecular weight excluding hydrogens is 240 g/mol. The molecule has 0 saturated carbocycles. The Balaban J connectivity index is 1.98. The zero-order chi connectivity index (χ0) is 13.2. The lowest BCUT2D eigenvalue weighted by molar-refractivity contribution is 0.759. The molecule has 3 N–H and O–H groups in total. The van der Waals surface area contributed by atoms with E-state index in [2.05, 4.69) is 31.0 Å². The van der Waals surface area contributed by atoms with Crippen molar-refractivity contribution in [1.29, 1.82) is 0 Å². The SMILES string of the molecule is Cc1nc2ccccc2n1Cc1cnc(NN)cn1. The van der Waals surface area contributed by atoms with Crippen molar-refractivity contribution < 1.29 is 0 Å². The fourth-order valence-corrected chi connectivity index (χ4v) is 2.07. The van der Waals surface area contributed by atoms with Crippen molar-refractivity contribution in [3.8, 4) is 0 Å². The second kappa shape index (κ2) is 4.66. The summed E-state index contributed by atoms with van der Waals surface area (Å²) in [5, 5.41) is 0. The quantitative estimate of drug-likeness (QED) is 0.546. The molecule has 2 heterocycles. The highest BCUT2D eigenvalue weighted by Gasteiger charge is 2.07. The Kier molecular flexibility index (Phi) is 2.85. The minimum Gasteiger partial charge on any atom is -0.322 e. The van der Waals surface area contributed by atoms with Gasteiger partial charge in [0.2, 0.25) is 0 Å². The van der Waals surface area contributed by atoms with Crippen molar-refractivity contribution in [2.24, 2.45) is 5.84 Å². The number of aryl methyl sites for hydroxylation is 1. The van der Waals surface area contributed by atoms with Gasteiger partial charge in [-0.25, -0.2) is 15.8 Å². The van der Waals surface area contributed by atoms with Crippen LogP contribution in [0.5, 0.6) is 0 Å².